The van der Waals surface area contributed by atoms with Crippen LogP contribution in [0.2, 0.25) is 0 Å². The highest BCUT2D eigenvalue weighted by Crippen LogP contribution is 2.23. The molecule has 0 aromatic rings. The Kier molecular flexibility index (Phi) is 4.03. The Balaban J connectivity index is 2.87. The van der Waals surface area contributed by atoms with E-state index in [-0.39, 0.29) is 0 Å². The first-order valence-corrected chi connectivity index (χ1v) is 5.58. The molecule has 0 radical (unpaired) electrons. The van der Waals surface area contributed by atoms with Crippen molar-refractivity contribution in [1.29, 1.82) is 0 Å². The number of carboxylic acid groups (broad SMARTS) is 1. The molecule has 0 saturated carbocycles. The van der Waals surface area contributed by atoms with Gasteiger partial charge in [-0.15, -0.1) is 0 Å². The van der Waals surface area contributed by atoms with Crippen LogP contribution < -0.4 is 0 Å². The maximum absolute atomic E-state index is 10.5. The zero-order chi connectivity index (χ0) is 13.4. The summed E-state index contributed by atoms with van der Waals surface area (Å²) < 4.78 is 37.3. The van der Waals surface area contributed by atoms with Gasteiger partial charge in [-0.1, -0.05) is 0 Å². The molecule has 5 N–H and O–H groups in total. The lowest BCUT2D eigenvalue weighted by atomic mass is 9.99. The highest BCUT2D eigenvalue weighted by Gasteiger charge is 2.49. The SMILES string of the molecule is O=C(O)[C@@H]1OC(O)[C@H](OS(=O)(=O)O)[C@@H](O)[C@@H]1O. The van der Waals surface area contributed by atoms with Gasteiger partial charge in [0.25, 0.3) is 0 Å². The second kappa shape index (κ2) is 4.81. The normalized spacial score (nSPS) is 38.9. The van der Waals surface area contributed by atoms with E-state index < -0.39 is 47.1 Å². The third-order valence-corrected chi connectivity index (χ3v) is 2.51. The lowest BCUT2D eigenvalue weighted by Crippen LogP contribution is -2.60. The molecule has 17 heavy (non-hydrogen) atoms. The molecule has 0 aromatic heterocycles. The zero-order valence-corrected chi connectivity index (χ0v) is 8.89. The minimum Gasteiger partial charge on any atom is -0.479 e. The number of carbonyl (C=O) groups is 1. The molecule has 1 unspecified atom stereocenters. The van der Waals surface area contributed by atoms with Crippen LogP contribution in [0, 0.1) is 0 Å². The van der Waals surface area contributed by atoms with Crippen LogP contribution in [0.1, 0.15) is 0 Å². The van der Waals surface area contributed by atoms with Crippen molar-refractivity contribution in [2.75, 3.05) is 0 Å². The maximum Gasteiger partial charge on any atom is 0.397 e. The van der Waals surface area contributed by atoms with E-state index in [0.29, 0.717) is 0 Å². The average Bonchev–Trinajstić information content (AvgIpc) is 2.16. The number of aliphatic hydroxyl groups excluding tert-OH is 3. The van der Waals surface area contributed by atoms with E-state index >= 15 is 0 Å². The second-order valence-electron chi connectivity index (χ2n) is 3.26. The highest BCUT2D eigenvalue weighted by atomic mass is 32.3. The smallest absolute Gasteiger partial charge is 0.397 e. The predicted molar refractivity (Wildman–Crippen MR) is 47.0 cm³/mol. The van der Waals surface area contributed by atoms with Crippen molar-refractivity contribution in [3.8, 4) is 0 Å². The first-order chi connectivity index (χ1) is 7.63. The van der Waals surface area contributed by atoms with Gasteiger partial charge in [-0.3, -0.25) is 4.55 Å². The standard InChI is InChI=1S/C6H10O10S/c7-1-2(8)4(16-17(12,13)14)6(11)15-3(1)5(9)10/h1-4,6-8,11H,(H,9,10)(H,12,13,14)/t1-,2-,3+,4+,6?/m0/s1. The van der Waals surface area contributed by atoms with Gasteiger partial charge in [0.05, 0.1) is 0 Å². The summed E-state index contributed by atoms with van der Waals surface area (Å²) in [5.74, 6) is -1.67. The molecule has 1 saturated heterocycles. The van der Waals surface area contributed by atoms with Gasteiger partial charge < -0.3 is 25.2 Å². The van der Waals surface area contributed by atoms with Crippen LogP contribution in [0.3, 0.4) is 0 Å². The summed E-state index contributed by atoms with van der Waals surface area (Å²) in [6.45, 7) is 0. The van der Waals surface area contributed by atoms with Gasteiger partial charge in [0, 0.05) is 0 Å². The summed E-state index contributed by atoms with van der Waals surface area (Å²) >= 11 is 0. The molecule has 11 heteroatoms. The molecule has 10 nitrogen and oxygen atoms in total. The van der Waals surface area contributed by atoms with E-state index in [9.17, 15) is 28.5 Å². The Morgan fingerprint density at radius 2 is 1.71 bits per heavy atom. The Bertz CT molecular complexity index is 390. The molecule has 0 amide bonds. The van der Waals surface area contributed by atoms with Crippen LogP contribution in [0.15, 0.2) is 0 Å². The predicted octanol–water partition coefficient (Wildman–Crippen LogP) is -3.30. The Labute approximate surface area is 95.0 Å². The first-order valence-electron chi connectivity index (χ1n) is 4.21. The molecule has 0 aliphatic carbocycles. The van der Waals surface area contributed by atoms with Crippen LogP contribution in [0.4, 0.5) is 0 Å². The number of aliphatic carboxylic acids is 1. The van der Waals surface area contributed by atoms with Crippen molar-refractivity contribution in [2.24, 2.45) is 0 Å². The van der Waals surface area contributed by atoms with Crippen LogP contribution in [0.5, 0.6) is 0 Å². The maximum atomic E-state index is 10.5. The van der Waals surface area contributed by atoms with Gasteiger partial charge >= 0.3 is 16.4 Å². The summed E-state index contributed by atoms with van der Waals surface area (Å²) in [6.07, 6.45) is -10.2. The summed E-state index contributed by atoms with van der Waals surface area (Å²) in [5.41, 5.74) is 0. The lowest BCUT2D eigenvalue weighted by molar-refractivity contribution is -0.274. The van der Waals surface area contributed by atoms with Crippen LogP contribution in [-0.2, 0) is 24.1 Å². The quantitative estimate of drug-likeness (QED) is 0.328. The number of hydrogen-bond donors (Lipinski definition) is 5. The van der Waals surface area contributed by atoms with Crippen molar-refractivity contribution >= 4 is 16.4 Å². The fourth-order valence-corrected chi connectivity index (χ4v) is 1.79. The number of aliphatic hydroxyl groups is 3. The fourth-order valence-electron chi connectivity index (χ4n) is 1.30. The Hall–Kier alpha value is -0.820. The molecule has 1 aliphatic rings. The van der Waals surface area contributed by atoms with E-state index in [1.54, 1.807) is 0 Å². The van der Waals surface area contributed by atoms with Crippen LogP contribution >= 0.6 is 0 Å². The van der Waals surface area contributed by atoms with E-state index in [4.69, 9.17) is 9.66 Å². The molecule has 0 spiro atoms. The molecule has 1 heterocycles. The van der Waals surface area contributed by atoms with Crippen molar-refractivity contribution in [2.45, 2.75) is 30.7 Å². The molecule has 1 aliphatic heterocycles. The van der Waals surface area contributed by atoms with Crippen LogP contribution in [-0.4, -0.2) is 70.1 Å². The van der Waals surface area contributed by atoms with Gasteiger partial charge in [0.1, 0.15) is 12.2 Å². The van der Waals surface area contributed by atoms with Gasteiger partial charge in [0.15, 0.2) is 18.5 Å². The average molecular weight is 274 g/mol. The van der Waals surface area contributed by atoms with Crippen molar-refractivity contribution in [3.05, 3.63) is 0 Å². The number of rotatable bonds is 3. The molecule has 100 valence electrons. The number of carboxylic acids is 1. The fraction of sp³-hybridized carbons (Fsp3) is 0.833. The highest BCUT2D eigenvalue weighted by molar-refractivity contribution is 7.80. The Morgan fingerprint density at radius 1 is 1.18 bits per heavy atom. The first kappa shape index (κ1) is 14.2. The third kappa shape index (κ3) is 3.32. The molecule has 0 aromatic carbocycles. The van der Waals surface area contributed by atoms with E-state index in [2.05, 4.69) is 8.92 Å². The molecule has 5 atom stereocenters. The minimum absolute atomic E-state index is 1.67. The van der Waals surface area contributed by atoms with Gasteiger partial charge in [-0.25, -0.2) is 8.98 Å². The molecule has 0 bridgehead atoms. The Morgan fingerprint density at radius 3 is 2.12 bits per heavy atom. The summed E-state index contributed by atoms with van der Waals surface area (Å²) in [5, 5.41) is 36.3. The topological polar surface area (TPSA) is 171 Å². The van der Waals surface area contributed by atoms with E-state index in [1.807, 2.05) is 0 Å². The van der Waals surface area contributed by atoms with Crippen molar-refractivity contribution < 1.29 is 47.1 Å². The lowest BCUT2D eigenvalue weighted by Gasteiger charge is -2.37. The van der Waals surface area contributed by atoms with E-state index in [1.165, 1.54) is 0 Å². The molecular formula is C6H10O10S. The van der Waals surface area contributed by atoms with Gasteiger partial charge in [0.2, 0.25) is 0 Å². The number of hydrogen-bond acceptors (Lipinski definition) is 8. The zero-order valence-electron chi connectivity index (χ0n) is 8.07. The molecular weight excluding hydrogens is 264 g/mol. The molecule has 1 fully saturated rings. The third-order valence-electron chi connectivity index (χ3n) is 2.04. The van der Waals surface area contributed by atoms with Gasteiger partial charge in [-0.05, 0) is 0 Å². The van der Waals surface area contributed by atoms with Crippen molar-refractivity contribution in [3.63, 3.8) is 0 Å². The summed E-state index contributed by atoms with van der Waals surface area (Å²) in [4.78, 5) is 10.5. The van der Waals surface area contributed by atoms with Crippen LogP contribution in [0.25, 0.3) is 0 Å². The van der Waals surface area contributed by atoms with E-state index in [0.717, 1.165) is 0 Å². The van der Waals surface area contributed by atoms with Crippen molar-refractivity contribution in [1.82, 2.24) is 0 Å². The largest absolute Gasteiger partial charge is 0.479 e. The summed E-state index contributed by atoms with van der Waals surface area (Å²) in [7, 11) is -5.01. The summed E-state index contributed by atoms with van der Waals surface area (Å²) in [6, 6.07) is 0. The minimum atomic E-state index is -5.01. The monoisotopic (exact) mass is 274 g/mol. The molecule has 1 rings (SSSR count). The number of ether oxygens (including phenoxy) is 1. The second-order valence-corrected chi connectivity index (χ2v) is 4.30. The van der Waals surface area contributed by atoms with Gasteiger partial charge in [-0.2, -0.15) is 8.42 Å².